The Morgan fingerprint density at radius 1 is 1.00 bits per heavy atom. The van der Waals surface area contributed by atoms with Crippen LogP contribution in [-0.4, -0.2) is 24.3 Å². The molecular formula is C21H20N2O3. The molecule has 4 rings (SSSR count). The zero-order valence-electron chi connectivity index (χ0n) is 14.6. The normalized spacial score (nSPS) is 12.2. The van der Waals surface area contributed by atoms with Gasteiger partial charge in [-0.2, -0.15) is 0 Å². The van der Waals surface area contributed by atoms with E-state index in [1.807, 2.05) is 61.5 Å². The second kappa shape index (κ2) is 6.96. The summed E-state index contributed by atoms with van der Waals surface area (Å²) < 4.78 is 10.7. The summed E-state index contributed by atoms with van der Waals surface area (Å²) in [7, 11) is 0. The van der Waals surface area contributed by atoms with Crippen molar-refractivity contribution in [3.05, 3.63) is 66.2 Å². The van der Waals surface area contributed by atoms with Gasteiger partial charge < -0.3 is 19.7 Å². The Morgan fingerprint density at radius 3 is 2.65 bits per heavy atom. The Balaban J connectivity index is 1.47. The number of benzene rings is 3. The van der Waals surface area contributed by atoms with Crippen molar-refractivity contribution < 1.29 is 14.3 Å². The molecule has 5 heteroatoms. The molecule has 2 amide bonds. The Bertz CT molecular complexity index is 955. The van der Waals surface area contributed by atoms with E-state index < -0.39 is 0 Å². The van der Waals surface area contributed by atoms with Gasteiger partial charge in [-0.05, 0) is 47.5 Å². The average Bonchev–Trinajstić information content (AvgIpc) is 3.13. The van der Waals surface area contributed by atoms with Gasteiger partial charge in [-0.15, -0.1) is 0 Å². The summed E-state index contributed by atoms with van der Waals surface area (Å²) in [5, 5.41) is 5.24. The molecule has 0 fully saturated rings. The number of hydrogen-bond acceptors (Lipinski definition) is 3. The third-order valence-electron chi connectivity index (χ3n) is 4.48. The Morgan fingerprint density at radius 2 is 1.81 bits per heavy atom. The number of fused-ring (bicyclic) bond motifs is 2. The van der Waals surface area contributed by atoms with Crippen LogP contribution < -0.4 is 14.8 Å². The lowest BCUT2D eigenvalue weighted by atomic mass is 10.1. The van der Waals surface area contributed by atoms with Gasteiger partial charge in [0.2, 0.25) is 6.79 Å². The van der Waals surface area contributed by atoms with Crippen molar-refractivity contribution in [1.29, 1.82) is 0 Å². The van der Waals surface area contributed by atoms with E-state index in [9.17, 15) is 4.79 Å². The third-order valence-corrected chi connectivity index (χ3v) is 4.48. The number of carbonyl (C=O) groups is 1. The predicted octanol–water partition coefficient (Wildman–Crippen LogP) is 4.62. The monoisotopic (exact) mass is 348 g/mol. The molecule has 0 radical (unpaired) electrons. The van der Waals surface area contributed by atoms with Gasteiger partial charge in [0.05, 0.1) is 0 Å². The van der Waals surface area contributed by atoms with Gasteiger partial charge in [0, 0.05) is 18.8 Å². The van der Waals surface area contributed by atoms with Crippen molar-refractivity contribution in [2.24, 2.45) is 0 Å². The zero-order chi connectivity index (χ0) is 17.9. The van der Waals surface area contributed by atoms with E-state index >= 15 is 0 Å². The van der Waals surface area contributed by atoms with Gasteiger partial charge in [-0.25, -0.2) is 4.79 Å². The molecular weight excluding hydrogens is 328 g/mol. The maximum atomic E-state index is 12.7. The van der Waals surface area contributed by atoms with Crippen molar-refractivity contribution in [2.75, 3.05) is 18.7 Å². The summed E-state index contributed by atoms with van der Waals surface area (Å²) in [4.78, 5) is 14.4. The third kappa shape index (κ3) is 3.28. The van der Waals surface area contributed by atoms with Gasteiger partial charge in [-0.1, -0.05) is 36.4 Å². The standard InChI is InChI=1S/C21H20N2O3/c1-2-23(13-15-7-10-19-20(11-15)26-14-25-19)21(24)22-18-9-8-16-5-3-4-6-17(16)12-18/h3-12H,2,13-14H2,1H3,(H,22,24). The number of nitrogens with one attached hydrogen (secondary N) is 1. The van der Waals surface area contributed by atoms with E-state index in [-0.39, 0.29) is 12.8 Å². The van der Waals surface area contributed by atoms with Crippen molar-refractivity contribution >= 4 is 22.5 Å². The largest absolute Gasteiger partial charge is 0.454 e. The van der Waals surface area contributed by atoms with E-state index in [0.717, 1.165) is 33.5 Å². The molecule has 3 aromatic carbocycles. The summed E-state index contributed by atoms with van der Waals surface area (Å²) in [5.41, 5.74) is 1.79. The number of nitrogens with zero attached hydrogens (tertiary/aromatic N) is 1. The first kappa shape index (κ1) is 16.3. The molecule has 0 bridgehead atoms. The maximum Gasteiger partial charge on any atom is 0.322 e. The lowest BCUT2D eigenvalue weighted by molar-refractivity contribution is 0.174. The molecule has 0 saturated carbocycles. The molecule has 1 N–H and O–H groups in total. The highest BCUT2D eigenvalue weighted by Gasteiger charge is 2.17. The molecule has 0 saturated heterocycles. The second-order valence-corrected chi connectivity index (χ2v) is 6.19. The highest BCUT2D eigenvalue weighted by Crippen LogP contribution is 2.32. The van der Waals surface area contributed by atoms with Crippen LogP contribution in [0.15, 0.2) is 60.7 Å². The fourth-order valence-corrected chi connectivity index (χ4v) is 3.06. The van der Waals surface area contributed by atoms with E-state index in [4.69, 9.17) is 9.47 Å². The minimum Gasteiger partial charge on any atom is -0.454 e. The molecule has 132 valence electrons. The summed E-state index contributed by atoms with van der Waals surface area (Å²) >= 11 is 0. The Hall–Kier alpha value is -3.21. The van der Waals surface area contributed by atoms with E-state index in [0.29, 0.717) is 13.1 Å². The van der Waals surface area contributed by atoms with Crippen LogP contribution in [0.4, 0.5) is 10.5 Å². The Kier molecular flexibility index (Phi) is 4.35. The molecule has 0 spiro atoms. The smallest absolute Gasteiger partial charge is 0.322 e. The van der Waals surface area contributed by atoms with Crippen LogP contribution in [0.3, 0.4) is 0 Å². The minimum absolute atomic E-state index is 0.125. The minimum atomic E-state index is -0.125. The molecule has 0 atom stereocenters. The number of anilines is 1. The topological polar surface area (TPSA) is 50.8 Å². The van der Waals surface area contributed by atoms with E-state index in [2.05, 4.69) is 11.4 Å². The average molecular weight is 348 g/mol. The molecule has 26 heavy (non-hydrogen) atoms. The quantitative estimate of drug-likeness (QED) is 0.748. The van der Waals surface area contributed by atoms with Crippen LogP contribution >= 0.6 is 0 Å². The first-order valence-corrected chi connectivity index (χ1v) is 8.66. The predicted molar refractivity (Wildman–Crippen MR) is 102 cm³/mol. The lowest BCUT2D eigenvalue weighted by Crippen LogP contribution is -2.34. The first-order valence-electron chi connectivity index (χ1n) is 8.66. The van der Waals surface area contributed by atoms with Crippen LogP contribution in [0.5, 0.6) is 11.5 Å². The fourth-order valence-electron chi connectivity index (χ4n) is 3.06. The number of hydrogen-bond donors (Lipinski definition) is 1. The highest BCUT2D eigenvalue weighted by atomic mass is 16.7. The number of amides is 2. The molecule has 0 aliphatic carbocycles. The summed E-state index contributed by atoms with van der Waals surface area (Å²) in [6.07, 6.45) is 0. The molecule has 0 unspecified atom stereocenters. The Labute approximate surface area is 152 Å². The van der Waals surface area contributed by atoms with E-state index in [1.54, 1.807) is 4.90 Å². The summed E-state index contributed by atoms with van der Waals surface area (Å²) in [6, 6.07) is 19.7. The lowest BCUT2D eigenvalue weighted by Gasteiger charge is -2.22. The molecule has 1 aliphatic rings. The number of ether oxygens (including phenoxy) is 2. The zero-order valence-corrected chi connectivity index (χ0v) is 14.6. The van der Waals surface area contributed by atoms with Crippen molar-refractivity contribution in [3.8, 4) is 11.5 Å². The molecule has 0 aromatic heterocycles. The van der Waals surface area contributed by atoms with Gasteiger partial charge in [-0.3, -0.25) is 0 Å². The van der Waals surface area contributed by atoms with Crippen LogP contribution in [0.25, 0.3) is 10.8 Å². The van der Waals surface area contributed by atoms with E-state index in [1.165, 1.54) is 0 Å². The van der Waals surface area contributed by atoms with Crippen LogP contribution in [0, 0.1) is 0 Å². The maximum absolute atomic E-state index is 12.7. The summed E-state index contributed by atoms with van der Waals surface area (Å²) in [6.45, 7) is 3.33. The summed E-state index contributed by atoms with van der Waals surface area (Å²) in [5.74, 6) is 1.48. The van der Waals surface area contributed by atoms with Crippen molar-refractivity contribution in [1.82, 2.24) is 4.90 Å². The fraction of sp³-hybridized carbons (Fsp3) is 0.190. The van der Waals surface area contributed by atoms with Gasteiger partial charge in [0.25, 0.3) is 0 Å². The number of carbonyl (C=O) groups excluding carboxylic acids is 1. The number of rotatable bonds is 4. The highest BCUT2D eigenvalue weighted by molar-refractivity contribution is 5.93. The first-order chi connectivity index (χ1) is 12.7. The van der Waals surface area contributed by atoms with Gasteiger partial charge in [0.1, 0.15) is 0 Å². The van der Waals surface area contributed by atoms with Crippen molar-refractivity contribution in [2.45, 2.75) is 13.5 Å². The van der Waals surface area contributed by atoms with Gasteiger partial charge in [0.15, 0.2) is 11.5 Å². The molecule has 1 aliphatic heterocycles. The van der Waals surface area contributed by atoms with Crippen LogP contribution in [0.1, 0.15) is 12.5 Å². The SMILES string of the molecule is CCN(Cc1ccc2c(c1)OCO2)C(=O)Nc1ccc2ccccc2c1. The molecule has 3 aromatic rings. The second-order valence-electron chi connectivity index (χ2n) is 6.19. The number of urea groups is 1. The molecule has 1 heterocycles. The van der Waals surface area contributed by atoms with Gasteiger partial charge >= 0.3 is 6.03 Å². The van der Waals surface area contributed by atoms with Crippen molar-refractivity contribution in [3.63, 3.8) is 0 Å². The molecule has 5 nitrogen and oxygen atoms in total. The van der Waals surface area contributed by atoms with Crippen LogP contribution in [-0.2, 0) is 6.54 Å². The van der Waals surface area contributed by atoms with Crippen LogP contribution in [0.2, 0.25) is 0 Å².